The van der Waals surface area contributed by atoms with E-state index >= 15 is 0 Å². The molecule has 0 bridgehead atoms. The maximum atomic E-state index is 12.5. The molecule has 0 aliphatic rings. The molecule has 0 fully saturated rings. The molecule has 55 heavy (non-hydrogen) atoms. The first-order chi connectivity index (χ1) is 27.1. The molecule has 0 aromatic carbocycles. The van der Waals surface area contributed by atoms with Crippen LogP contribution in [-0.2, 0) is 4.79 Å². The molecular formula is C50H93NO4. The third-order valence-electron chi connectivity index (χ3n) is 10.9. The van der Waals surface area contributed by atoms with Crippen molar-refractivity contribution in [2.24, 2.45) is 0 Å². The monoisotopic (exact) mass is 772 g/mol. The number of aliphatic hydroxyl groups excluding tert-OH is 3. The number of hydrogen-bond donors (Lipinski definition) is 4. The minimum Gasteiger partial charge on any atom is -0.394 e. The molecule has 0 aromatic rings. The van der Waals surface area contributed by atoms with Crippen LogP contribution in [0.15, 0.2) is 48.6 Å². The lowest BCUT2D eigenvalue weighted by atomic mass is 10.0. The third-order valence-corrected chi connectivity index (χ3v) is 10.9. The van der Waals surface area contributed by atoms with Gasteiger partial charge in [-0.15, -0.1) is 0 Å². The lowest BCUT2D eigenvalue weighted by Gasteiger charge is -2.21. The Bertz CT molecular complexity index is 896. The van der Waals surface area contributed by atoms with Crippen molar-refractivity contribution in [3.05, 3.63) is 48.6 Å². The van der Waals surface area contributed by atoms with Crippen molar-refractivity contribution in [3.63, 3.8) is 0 Å². The molecule has 0 saturated heterocycles. The SMILES string of the molecule is CCCC/C=C/CC/C=C/CC/C=C/C(O)C(CO)NC(=O)C(O)CCCCCCCCCCCCCCC/C=C\CCCCCCCCCCCCCC. The van der Waals surface area contributed by atoms with Crippen LogP contribution in [0.25, 0.3) is 0 Å². The molecule has 0 aliphatic carbocycles. The predicted octanol–water partition coefficient (Wildman–Crippen LogP) is 14.1. The van der Waals surface area contributed by atoms with Crippen LogP contribution in [0.2, 0.25) is 0 Å². The molecule has 0 aliphatic heterocycles. The van der Waals surface area contributed by atoms with Crippen LogP contribution in [0.3, 0.4) is 0 Å². The first-order valence-corrected chi connectivity index (χ1v) is 24.0. The van der Waals surface area contributed by atoms with Crippen LogP contribution >= 0.6 is 0 Å². The highest BCUT2D eigenvalue weighted by Gasteiger charge is 2.22. The van der Waals surface area contributed by atoms with Gasteiger partial charge in [0.25, 0.3) is 0 Å². The van der Waals surface area contributed by atoms with Crippen molar-refractivity contribution in [1.29, 1.82) is 0 Å². The number of unbranched alkanes of at least 4 members (excludes halogenated alkanes) is 29. The van der Waals surface area contributed by atoms with Crippen molar-refractivity contribution in [1.82, 2.24) is 5.32 Å². The summed E-state index contributed by atoms with van der Waals surface area (Å²) in [6.45, 7) is 4.12. The fourth-order valence-corrected chi connectivity index (χ4v) is 7.08. The van der Waals surface area contributed by atoms with E-state index in [2.05, 4.69) is 55.6 Å². The predicted molar refractivity (Wildman–Crippen MR) is 241 cm³/mol. The molecule has 0 saturated carbocycles. The van der Waals surface area contributed by atoms with Gasteiger partial charge in [0.05, 0.1) is 18.8 Å². The zero-order chi connectivity index (χ0) is 40.1. The number of carbonyl (C=O) groups is 1. The quantitative estimate of drug-likeness (QED) is 0.0367. The average molecular weight is 772 g/mol. The van der Waals surface area contributed by atoms with Crippen molar-refractivity contribution < 1.29 is 20.1 Å². The lowest BCUT2D eigenvalue weighted by Crippen LogP contribution is -2.48. The Labute approximate surface area is 342 Å². The summed E-state index contributed by atoms with van der Waals surface area (Å²) in [7, 11) is 0. The van der Waals surface area contributed by atoms with Gasteiger partial charge in [-0.3, -0.25) is 4.79 Å². The van der Waals surface area contributed by atoms with Gasteiger partial charge in [-0.2, -0.15) is 0 Å². The second kappa shape index (κ2) is 45.0. The zero-order valence-corrected chi connectivity index (χ0v) is 36.6. The number of hydrogen-bond acceptors (Lipinski definition) is 4. The van der Waals surface area contributed by atoms with Crippen LogP contribution in [0.1, 0.15) is 239 Å². The summed E-state index contributed by atoms with van der Waals surface area (Å²) in [5, 5.41) is 33.1. The first-order valence-electron chi connectivity index (χ1n) is 24.0. The largest absolute Gasteiger partial charge is 0.394 e. The second-order valence-electron chi connectivity index (χ2n) is 16.3. The topological polar surface area (TPSA) is 89.8 Å². The van der Waals surface area contributed by atoms with Crippen LogP contribution < -0.4 is 5.32 Å². The zero-order valence-electron chi connectivity index (χ0n) is 36.6. The van der Waals surface area contributed by atoms with E-state index in [0.717, 1.165) is 44.9 Å². The summed E-state index contributed by atoms with van der Waals surface area (Å²) in [5.74, 6) is -0.518. The van der Waals surface area contributed by atoms with Gasteiger partial charge in [-0.25, -0.2) is 0 Å². The molecular weight excluding hydrogens is 679 g/mol. The smallest absolute Gasteiger partial charge is 0.249 e. The van der Waals surface area contributed by atoms with Gasteiger partial charge in [0.1, 0.15) is 6.10 Å². The summed E-state index contributed by atoms with van der Waals surface area (Å²) < 4.78 is 0. The summed E-state index contributed by atoms with van der Waals surface area (Å²) in [4.78, 5) is 12.5. The van der Waals surface area contributed by atoms with Crippen LogP contribution in [0, 0.1) is 0 Å². The van der Waals surface area contributed by atoms with Gasteiger partial charge in [0.15, 0.2) is 0 Å². The second-order valence-corrected chi connectivity index (χ2v) is 16.3. The molecule has 3 unspecified atom stereocenters. The minimum atomic E-state index is -1.11. The summed E-state index contributed by atoms with van der Waals surface area (Å²) in [6.07, 6.45) is 58.9. The fourth-order valence-electron chi connectivity index (χ4n) is 7.08. The molecule has 0 spiro atoms. The van der Waals surface area contributed by atoms with E-state index in [1.807, 2.05) is 6.08 Å². The van der Waals surface area contributed by atoms with Crippen LogP contribution in [-0.4, -0.2) is 46.1 Å². The Hall–Kier alpha value is -1.69. The van der Waals surface area contributed by atoms with Crippen molar-refractivity contribution in [3.8, 4) is 0 Å². The number of rotatable bonds is 43. The molecule has 0 aromatic heterocycles. The van der Waals surface area contributed by atoms with E-state index in [1.165, 1.54) is 173 Å². The molecule has 1 amide bonds. The minimum absolute atomic E-state index is 0.382. The molecule has 5 nitrogen and oxygen atoms in total. The molecule has 5 heteroatoms. The van der Waals surface area contributed by atoms with Crippen molar-refractivity contribution >= 4 is 5.91 Å². The fraction of sp³-hybridized carbons (Fsp3) is 0.820. The average Bonchev–Trinajstić information content (AvgIpc) is 3.19. The third kappa shape index (κ3) is 40.3. The van der Waals surface area contributed by atoms with E-state index in [4.69, 9.17) is 0 Å². The van der Waals surface area contributed by atoms with Gasteiger partial charge >= 0.3 is 0 Å². The normalized spacial score (nSPS) is 13.9. The number of allylic oxidation sites excluding steroid dienone is 7. The Morgan fingerprint density at radius 1 is 0.436 bits per heavy atom. The highest BCUT2D eigenvalue weighted by molar-refractivity contribution is 5.80. The van der Waals surface area contributed by atoms with E-state index in [0.29, 0.717) is 6.42 Å². The number of carbonyl (C=O) groups excluding carboxylic acids is 1. The summed E-state index contributed by atoms with van der Waals surface area (Å²) in [6, 6.07) is -0.820. The highest BCUT2D eigenvalue weighted by Crippen LogP contribution is 2.16. The van der Waals surface area contributed by atoms with E-state index < -0.39 is 24.2 Å². The van der Waals surface area contributed by atoms with E-state index in [1.54, 1.807) is 6.08 Å². The molecule has 4 N–H and O–H groups in total. The molecule has 3 atom stereocenters. The maximum Gasteiger partial charge on any atom is 0.249 e. The van der Waals surface area contributed by atoms with Crippen molar-refractivity contribution in [2.45, 2.75) is 257 Å². The van der Waals surface area contributed by atoms with Crippen LogP contribution in [0.4, 0.5) is 0 Å². The van der Waals surface area contributed by atoms with Gasteiger partial charge in [-0.1, -0.05) is 223 Å². The Morgan fingerprint density at radius 3 is 1.16 bits per heavy atom. The highest BCUT2D eigenvalue weighted by atomic mass is 16.3. The van der Waals surface area contributed by atoms with Gasteiger partial charge in [-0.05, 0) is 64.2 Å². The Kier molecular flexibility index (Phi) is 43.6. The van der Waals surface area contributed by atoms with Gasteiger partial charge in [0.2, 0.25) is 5.91 Å². The van der Waals surface area contributed by atoms with Crippen molar-refractivity contribution in [2.75, 3.05) is 6.61 Å². The van der Waals surface area contributed by atoms with Gasteiger partial charge in [0, 0.05) is 0 Å². The van der Waals surface area contributed by atoms with Gasteiger partial charge < -0.3 is 20.6 Å². The van der Waals surface area contributed by atoms with Crippen LogP contribution in [0.5, 0.6) is 0 Å². The summed E-state index contributed by atoms with van der Waals surface area (Å²) in [5.41, 5.74) is 0. The molecule has 0 radical (unpaired) electrons. The Morgan fingerprint density at radius 2 is 0.764 bits per heavy atom. The van der Waals surface area contributed by atoms with E-state index in [9.17, 15) is 20.1 Å². The standard InChI is InChI=1S/C50H93NO4/c1-3-5-7-9-11-13-15-17-18-19-20-21-22-23-24-25-26-27-28-29-30-31-32-33-35-37-39-41-43-45-49(54)50(55)51-47(46-52)48(53)44-42-40-38-36-34-16-14-12-10-8-6-4-2/h10,12,23-24,34,36,42,44,47-49,52-54H,3-9,11,13-22,25-33,35,37-41,43,45-46H2,1-2H3,(H,51,55)/b12-10+,24-23-,36-34+,44-42+. The first kappa shape index (κ1) is 53.3. The number of nitrogens with one attached hydrogen (secondary N) is 1. The lowest BCUT2D eigenvalue weighted by molar-refractivity contribution is -0.131. The molecule has 322 valence electrons. The van der Waals surface area contributed by atoms with E-state index in [-0.39, 0.29) is 6.61 Å². The summed E-state index contributed by atoms with van der Waals surface area (Å²) >= 11 is 0. The number of amides is 1. The maximum absolute atomic E-state index is 12.5. The molecule has 0 rings (SSSR count). The Balaban J connectivity index is 3.58. The number of aliphatic hydroxyl groups is 3. The molecule has 0 heterocycles.